The second kappa shape index (κ2) is 12.9. The van der Waals surface area contributed by atoms with Gasteiger partial charge in [-0.25, -0.2) is 17.5 Å². The van der Waals surface area contributed by atoms with Gasteiger partial charge in [-0.05, 0) is 57.0 Å². The summed E-state index contributed by atoms with van der Waals surface area (Å²) in [6, 6.07) is 6.62. The van der Waals surface area contributed by atoms with Gasteiger partial charge in [-0.2, -0.15) is 13.2 Å². The molecule has 2 aromatic carbocycles. The number of carbonyl (C=O) groups is 2. The van der Waals surface area contributed by atoms with Crippen LogP contribution in [0.1, 0.15) is 54.7 Å². The van der Waals surface area contributed by atoms with E-state index in [4.69, 9.17) is 33.7 Å². The molecule has 0 unspecified atom stereocenters. The predicted molar refractivity (Wildman–Crippen MR) is 155 cm³/mol. The summed E-state index contributed by atoms with van der Waals surface area (Å²) in [6.45, 7) is 6.65. The van der Waals surface area contributed by atoms with Gasteiger partial charge in [-0.1, -0.05) is 35.3 Å². The highest BCUT2D eigenvalue weighted by Gasteiger charge is 2.39. The number of ether oxygens (including phenoxy) is 1. The van der Waals surface area contributed by atoms with Crippen LogP contribution in [0.5, 0.6) is 0 Å². The summed E-state index contributed by atoms with van der Waals surface area (Å²) in [5, 5.41) is -0.216. The van der Waals surface area contributed by atoms with E-state index in [1.54, 1.807) is 37.8 Å². The SMILES string of the molecule is CCS(=O)(=O)N(Cc1cccc(Cl)c1)C(=O)c1cc(C(F)(F)F)c(CN2CCN(C(=O)OC(C)(C)C)CC2)c(Cl)c1N. The van der Waals surface area contributed by atoms with E-state index in [-0.39, 0.29) is 43.3 Å². The molecule has 0 atom stereocenters. The van der Waals surface area contributed by atoms with Crippen molar-refractivity contribution in [1.82, 2.24) is 14.1 Å². The maximum absolute atomic E-state index is 14.3. The Kier molecular flexibility index (Phi) is 10.3. The molecule has 3 rings (SSSR count). The van der Waals surface area contributed by atoms with Gasteiger partial charge in [0, 0.05) is 37.7 Å². The molecule has 2 amide bonds. The summed E-state index contributed by atoms with van der Waals surface area (Å²) in [6.07, 6.45) is -5.46. The molecule has 0 radical (unpaired) electrons. The quantitative estimate of drug-likeness (QED) is 0.385. The molecule has 0 bridgehead atoms. The van der Waals surface area contributed by atoms with Crippen LogP contribution in [0.25, 0.3) is 0 Å². The van der Waals surface area contributed by atoms with Gasteiger partial charge in [0.15, 0.2) is 0 Å². The smallest absolute Gasteiger partial charge is 0.416 e. The topological polar surface area (TPSA) is 113 Å². The Bertz CT molecular complexity index is 1440. The molecule has 0 spiro atoms. The Morgan fingerprint density at radius 3 is 2.21 bits per heavy atom. The van der Waals surface area contributed by atoms with Crippen molar-refractivity contribution in [3.05, 3.63) is 62.6 Å². The third kappa shape index (κ3) is 8.21. The third-order valence-electron chi connectivity index (χ3n) is 6.49. The van der Waals surface area contributed by atoms with Crippen LogP contribution in [0, 0.1) is 0 Å². The number of benzene rings is 2. The monoisotopic (exact) mass is 652 g/mol. The van der Waals surface area contributed by atoms with Crippen LogP contribution in [-0.4, -0.2) is 72.1 Å². The number of hydrogen-bond donors (Lipinski definition) is 1. The molecule has 1 aliphatic rings. The summed E-state index contributed by atoms with van der Waals surface area (Å²) in [4.78, 5) is 29.0. The van der Waals surface area contributed by atoms with E-state index in [1.807, 2.05) is 0 Å². The molecule has 2 aromatic rings. The fourth-order valence-corrected chi connectivity index (χ4v) is 5.80. The molecular formula is C27H33Cl2F3N4O5S. The largest absolute Gasteiger partial charge is 0.444 e. The Balaban J connectivity index is 1.95. The van der Waals surface area contributed by atoms with E-state index in [1.165, 1.54) is 24.0 Å². The van der Waals surface area contributed by atoms with Crippen molar-refractivity contribution < 1.29 is 35.9 Å². The molecule has 0 aromatic heterocycles. The number of amides is 2. The average Bonchev–Trinajstić information content (AvgIpc) is 2.88. The molecule has 1 heterocycles. The Labute approximate surface area is 253 Å². The molecule has 42 heavy (non-hydrogen) atoms. The lowest BCUT2D eigenvalue weighted by atomic mass is 9.99. The van der Waals surface area contributed by atoms with Crippen molar-refractivity contribution in [2.45, 2.75) is 52.6 Å². The lowest BCUT2D eigenvalue weighted by Crippen LogP contribution is -2.49. The third-order valence-corrected chi connectivity index (χ3v) is 8.85. The summed E-state index contributed by atoms with van der Waals surface area (Å²) < 4.78 is 74.6. The zero-order valence-electron chi connectivity index (χ0n) is 23.6. The first kappa shape index (κ1) is 33.8. The number of anilines is 1. The first-order valence-corrected chi connectivity index (χ1v) is 15.4. The van der Waals surface area contributed by atoms with Gasteiger partial charge in [-0.3, -0.25) is 9.69 Å². The molecular weight excluding hydrogens is 620 g/mol. The van der Waals surface area contributed by atoms with Crippen LogP contribution in [0.2, 0.25) is 10.0 Å². The van der Waals surface area contributed by atoms with Crippen molar-refractivity contribution in [2.24, 2.45) is 0 Å². The molecule has 9 nitrogen and oxygen atoms in total. The molecule has 1 aliphatic heterocycles. The number of alkyl halides is 3. The number of halogens is 5. The summed E-state index contributed by atoms with van der Waals surface area (Å²) in [5.41, 5.74) is 3.03. The number of nitrogens with two attached hydrogens (primary N) is 1. The number of nitrogens with zero attached hydrogens (tertiary/aromatic N) is 3. The van der Waals surface area contributed by atoms with Crippen molar-refractivity contribution in [2.75, 3.05) is 37.7 Å². The van der Waals surface area contributed by atoms with Gasteiger partial charge in [0.1, 0.15) is 5.60 Å². The summed E-state index contributed by atoms with van der Waals surface area (Å²) in [7, 11) is -4.24. The molecule has 1 saturated heterocycles. The molecule has 0 saturated carbocycles. The molecule has 1 fully saturated rings. The fraction of sp³-hybridized carbons (Fsp3) is 0.481. The van der Waals surface area contributed by atoms with Crippen LogP contribution in [0.3, 0.4) is 0 Å². The van der Waals surface area contributed by atoms with E-state index >= 15 is 0 Å². The van der Waals surface area contributed by atoms with E-state index < -0.39 is 67.9 Å². The highest BCUT2D eigenvalue weighted by atomic mass is 35.5. The second-order valence-corrected chi connectivity index (χ2v) is 13.8. The van der Waals surface area contributed by atoms with Crippen LogP contribution in [-0.2, 0) is 34.0 Å². The minimum Gasteiger partial charge on any atom is -0.444 e. The van der Waals surface area contributed by atoms with Crippen molar-refractivity contribution >= 4 is 50.9 Å². The summed E-state index contributed by atoms with van der Waals surface area (Å²) >= 11 is 12.4. The van der Waals surface area contributed by atoms with Gasteiger partial charge in [0.2, 0.25) is 10.0 Å². The van der Waals surface area contributed by atoms with Crippen LogP contribution in [0.4, 0.5) is 23.7 Å². The lowest BCUT2D eigenvalue weighted by Gasteiger charge is -2.36. The number of piperazine rings is 1. The minimum atomic E-state index is -4.94. The number of hydrogen-bond acceptors (Lipinski definition) is 7. The molecule has 232 valence electrons. The average molecular weight is 654 g/mol. The zero-order valence-corrected chi connectivity index (χ0v) is 25.9. The van der Waals surface area contributed by atoms with Crippen molar-refractivity contribution in [3.8, 4) is 0 Å². The van der Waals surface area contributed by atoms with Crippen molar-refractivity contribution in [3.63, 3.8) is 0 Å². The molecule has 0 aliphatic carbocycles. The Morgan fingerprint density at radius 2 is 1.69 bits per heavy atom. The minimum absolute atomic E-state index is 0.216. The number of sulfonamides is 1. The van der Waals surface area contributed by atoms with Crippen LogP contribution < -0.4 is 5.73 Å². The molecule has 2 N–H and O–H groups in total. The maximum Gasteiger partial charge on any atom is 0.416 e. The normalized spacial score (nSPS) is 15.0. The second-order valence-electron chi connectivity index (χ2n) is 10.8. The van der Waals surface area contributed by atoms with Crippen molar-refractivity contribution in [1.29, 1.82) is 0 Å². The highest BCUT2D eigenvalue weighted by molar-refractivity contribution is 7.89. The van der Waals surface area contributed by atoms with Gasteiger partial charge in [-0.15, -0.1) is 0 Å². The van der Waals surface area contributed by atoms with Gasteiger partial charge >= 0.3 is 12.3 Å². The van der Waals surface area contributed by atoms with Gasteiger partial charge < -0.3 is 15.4 Å². The van der Waals surface area contributed by atoms with Gasteiger partial charge in [0.05, 0.1) is 34.1 Å². The predicted octanol–water partition coefficient (Wildman–Crippen LogP) is 5.64. The highest BCUT2D eigenvalue weighted by Crippen LogP contribution is 2.41. The number of nitrogen functional groups attached to an aromatic ring is 1. The standard InChI is InChI=1S/C27H33Cl2F3N4O5S/c1-5-42(39,40)36(15-17-7-6-8-18(28)13-17)24(37)19-14-21(27(30,31)32)20(22(29)23(19)33)16-34-9-11-35(12-10-34)25(38)41-26(2,3)4/h6-8,13-14H,5,9-12,15-16,33H2,1-4H3. The first-order valence-electron chi connectivity index (χ1n) is 13.0. The van der Waals surface area contributed by atoms with E-state index in [9.17, 15) is 31.2 Å². The Morgan fingerprint density at radius 1 is 1.07 bits per heavy atom. The maximum atomic E-state index is 14.3. The van der Waals surface area contributed by atoms with Gasteiger partial charge in [0.25, 0.3) is 5.91 Å². The van der Waals surface area contributed by atoms with E-state index in [2.05, 4.69) is 0 Å². The molecule has 15 heteroatoms. The number of rotatable bonds is 7. The summed E-state index contributed by atoms with van der Waals surface area (Å²) in [5.74, 6) is -1.74. The lowest BCUT2D eigenvalue weighted by molar-refractivity contribution is -0.138. The van der Waals surface area contributed by atoms with E-state index in [0.29, 0.717) is 15.9 Å². The van der Waals surface area contributed by atoms with Crippen LogP contribution in [0.15, 0.2) is 30.3 Å². The van der Waals surface area contributed by atoms with Crippen LogP contribution >= 0.6 is 23.2 Å². The zero-order chi connectivity index (χ0) is 31.6. The first-order chi connectivity index (χ1) is 19.3. The van der Waals surface area contributed by atoms with E-state index in [0.717, 1.165) is 0 Å². The Hall–Kier alpha value is -2.74. The number of carbonyl (C=O) groups excluding carboxylic acids is 2. The fourth-order valence-electron chi connectivity index (χ4n) is 4.32.